The molecular formula is C64H53IrN5O3-2. The molecule has 73 heavy (non-hydrogen) atoms. The Bertz CT molecular complexity index is 4440. The van der Waals surface area contributed by atoms with Crippen LogP contribution in [0.15, 0.2) is 159 Å². The summed E-state index contributed by atoms with van der Waals surface area (Å²) in [4.78, 5) is 18.6. The number of aromatic nitrogens is 5. The molecule has 0 aliphatic carbocycles. The van der Waals surface area contributed by atoms with Crippen LogP contribution in [0.2, 0.25) is 0 Å². The molecule has 0 bridgehead atoms. The molecular weight excluding hydrogens is 1080 g/mol. The van der Waals surface area contributed by atoms with Crippen LogP contribution in [0.5, 0.6) is 0 Å². The number of furan rings is 3. The van der Waals surface area contributed by atoms with E-state index in [4.69, 9.17) is 26.5 Å². The van der Waals surface area contributed by atoms with Gasteiger partial charge in [-0.25, -0.2) is 4.98 Å². The van der Waals surface area contributed by atoms with E-state index in [2.05, 4.69) is 114 Å². The van der Waals surface area contributed by atoms with Crippen molar-refractivity contribution in [2.45, 2.75) is 79.4 Å². The number of rotatable bonds is 6. The minimum absolute atomic E-state index is 0. The Morgan fingerprint density at radius 1 is 0.589 bits per heavy atom. The zero-order chi connectivity index (χ0) is 54.6. The zero-order valence-electron chi connectivity index (χ0n) is 47.3. The molecule has 7 aromatic carbocycles. The summed E-state index contributed by atoms with van der Waals surface area (Å²) in [6, 6.07) is 52.6. The Morgan fingerprint density at radius 3 is 2.03 bits per heavy atom. The van der Waals surface area contributed by atoms with E-state index in [0.29, 0.717) is 39.6 Å². The van der Waals surface area contributed by atoms with Gasteiger partial charge in [0.15, 0.2) is 5.58 Å². The van der Waals surface area contributed by atoms with E-state index in [1.807, 2.05) is 87.5 Å². The van der Waals surface area contributed by atoms with Crippen LogP contribution in [0, 0.1) is 25.8 Å². The van der Waals surface area contributed by atoms with Gasteiger partial charge in [0.1, 0.15) is 22.3 Å². The van der Waals surface area contributed by atoms with E-state index >= 15 is 0 Å². The summed E-state index contributed by atoms with van der Waals surface area (Å²) in [5, 5.41) is 5.43. The van der Waals surface area contributed by atoms with Crippen molar-refractivity contribution in [2.24, 2.45) is 0 Å². The fourth-order valence-electron chi connectivity index (χ4n) is 10.0. The molecule has 8 nitrogen and oxygen atoms in total. The molecule has 13 rings (SSSR count). The van der Waals surface area contributed by atoms with Crippen molar-refractivity contribution in [2.75, 3.05) is 0 Å². The molecule has 0 unspecified atom stereocenters. The van der Waals surface area contributed by atoms with Gasteiger partial charge < -0.3 is 17.8 Å². The third kappa shape index (κ3) is 8.21. The molecule has 0 amide bonds. The topological polar surface area (TPSA) is 95.9 Å². The zero-order valence-corrected chi connectivity index (χ0v) is 43.7. The van der Waals surface area contributed by atoms with Crippen LogP contribution >= 0.6 is 0 Å². The number of aryl methyl sites for hydroxylation is 2. The molecule has 363 valence electrons. The molecule has 1 radical (unpaired) electrons. The second kappa shape index (κ2) is 18.4. The number of benzene rings is 7. The Balaban J connectivity index is 0.000000267. The molecule has 0 spiro atoms. The van der Waals surface area contributed by atoms with Gasteiger partial charge in [0.05, 0.1) is 22.7 Å². The average molecular weight is 1140 g/mol. The van der Waals surface area contributed by atoms with Crippen molar-refractivity contribution < 1.29 is 41.6 Å². The van der Waals surface area contributed by atoms with Crippen LogP contribution in [0.3, 0.4) is 0 Å². The summed E-state index contributed by atoms with van der Waals surface area (Å²) in [5.74, 6) is 1.39. The predicted molar refractivity (Wildman–Crippen MR) is 293 cm³/mol. The SMILES string of the molecule is [2H]C([2H])([2H])c1ccc2c(n1)oc1c2ccc2nc(-c3[c-]ccc4c3oc3cc5c(cc34)oc3ccccc35)n(-c3c(C(C)C)cc(-c4ccccc4)cc3C(C)C)c21.[2H]C([2H])([2H])c1cnc(-c2[c-]cccc2)nc1C(C)(C)C.[Ir]. The van der Waals surface area contributed by atoms with Gasteiger partial charge in [-0.2, -0.15) is 0 Å². The van der Waals surface area contributed by atoms with E-state index in [1.165, 1.54) is 6.20 Å². The average Bonchev–Trinajstić information content (AvgIpc) is 3.85. The number of hydrogen-bond acceptors (Lipinski definition) is 7. The minimum atomic E-state index is -2.38. The third-order valence-electron chi connectivity index (χ3n) is 13.5. The van der Waals surface area contributed by atoms with Crippen molar-refractivity contribution >= 4 is 77.0 Å². The van der Waals surface area contributed by atoms with Gasteiger partial charge in [0, 0.05) is 83.9 Å². The first-order chi connectivity index (χ1) is 37.2. The maximum absolute atomic E-state index is 8.04. The molecule has 0 atom stereocenters. The minimum Gasteiger partial charge on any atom is -0.501 e. The monoisotopic (exact) mass is 1140 g/mol. The van der Waals surface area contributed by atoms with Crippen LogP contribution in [-0.2, 0) is 25.5 Å². The Morgan fingerprint density at radius 2 is 1.30 bits per heavy atom. The molecule has 6 aromatic heterocycles. The summed E-state index contributed by atoms with van der Waals surface area (Å²) in [5.41, 5.74) is 12.8. The number of fused-ring (bicyclic) bond motifs is 11. The summed E-state index contributed by atoms with van der Waals surface area (Å²) in [7, 11) is 0. The van der Waals surface area contributed by atoms with E-state index < -0.39 is 13.7 Å². The Hall–Kier alpha value is -7.71. The number of para-hydroxylation sites is 1. The van der Waals surface area contributed by atoms with Crippen LogP contribution in [0.25, 0.3) is 117 Å². The quantitative estimate of drug-likeness (QED) is 0.153. The molecule has 0 fully saturated rings. The van der Waals surface area contributed by atoms with Crippen molar-refractivity contribution in [3.05, 3.63) is 186 Å². The van der Waals surface area contributed by atoms with Crippen LogP contribution < -0.4 is 0 Å². The first-order valence-corrected chi connectivity index (χ1v) is 24.3. The van der Waals surface area contributed by atoms with Gasteiger partial charge in [0.2, 0.25) is 5.71 Å². The molecule has 0 saturated heterocycles. The molecule has 9 heteroatoms. The Kier molecular flexibility index (Phi) is 10.3. The second-order valence-corrected chi connectivity index (χ2v) is 20.0. The fourth-order valence-corrected chi connectivity index (χ4v) is 10.0. The Labute approximate surface area is 445 Å². The molecule has 0 N–H and O–H groups in total. The molecule has 13 aromatic rings. The first kappa shape index (κ1) is 40.8. The molecule has 0 saturated carbocycles. The second-order valence-electron chi connectivity index (χ2n) is 20.0. The van der Waals surface area contributed by atoms with Gasteiger partial charge in [-0.3, -0.25) is 15.0 Å². The largest absolute Gasteiger partial charge is 0.501 e. The van der Waals surface area contributed by atoms with Crippen LogP contribution in [0.1, 0.15) is 96.6 Å². The van der Waals surface area contributed by atoms with Crippen molar-refractivity contribution in [3.8, 4) is 39.6 Å². The van der Waals surface area contributed by atoms with E-state index in [1.54, 1.807) is 18.2 Å². The first-order valence-electron chi connectivity index (χ1n) is 27.3. The normalized spacial score (nSPS) is 13.6. The van der Waals surface area contributed by atoms with E-state index in [-0.39, 0.29) is 54.3 Å². The van der Waals surface area contributed by atoms with Crippen molar-refractivity contribution in [3.63, 3.8) is 0 Å². The van der Waals surface area contributed by atoms with Crippen molar-refractivity contribution in [1.29, 1.82) is 0 Å². The third-order valence-corrected chi connectivity index (χ3v) is 13.5. The predicted octanol–water partition coefficient (Wildman–Crippen LogP) is 17.4. The van der Waals surface area contributed by atoms with Gasteiger partial charge in [-0.15, -0.1) is 54.1 Å². The van der Waals surface area contributed by atoms with Gasteiger partial charge in [-0.1, -0.05) is 108 Å². The fraction of sp³-hybridized carbons (Fsp3) is 0.188. The number of hydrogen-bond donors (Lipinski definition) is 0. The molecule has 0 aliphatic heterocycles. The van der Waals surface area contributed by atoms with Gasteiger partial charge >= 0.3 is 0 Å². The van der Waals surface area contributed by atoms with Gasteiger partial charge in [-0.05, 0) is 108 Å². The standard InChI is InChI=1S/C49H36N3O3.C15H17N2.Ir/c1-26(2)36-22-30(29-12-7-6-8-13-29)23-37(27(3)4)44(36)52-45-40(21-20-33-34-19-18-28(5)50-49(34)55-47(33)45)51-48(52)35-16-11-15-32-39-25-42-38(24-43(39)54-46(32)35)31-14-9-10-17-41(31)53-42;1-11-10-16-14(12-8-6-5-7-9-12)17-13(11)15(2,3)4;/h6-15,17-27H,1-5H3;5-8,10H,1-4H3;/q2*-1;/i5D3;1D3;. The summed E-state index contributed by atoms with van der Waals surface area (Å²) >= 11 is 0. The van der Waals surface area contributed by atoms with Crippen LogP contribution in [0.4, 0.5) is 0 Å². The van der Waals surface area contributed by atoms with E-state index in [9.17, 15) is 0 Å². The molecule has 0 aliphatic rings. The molecule has 6 heterocycles. The van der Waals surface area contributed by atoms with E-state index in [0.717, 1.165) is 88.1 Å². The maximum Gasteiger partial charge on any atom is 0.227 e. The number of nitrogens with zero attached hydrogens (tertiary/aromatic N) is 5. The smallest absolute Gasteiger partial charge is 0.227 e. The summed E-state index contributed by atoms with van der Waals surface area (Å²) in [6.45, 7) is 10.1. The van der Waals surface area contributed by atoms with Crippen LogP contribution in [-0.4, -0.2) is 24.5 Å². The summed E-state index contributed by atoms with van der Waals surface area (Å²) < 4.78 is 69.0. The summed E-state index contributed by atoms with van der Waals surface area (Å²) in [6.07, 6.45) is 1.41. The maximum atomic E-state index is 8.04. The number of pyridine rings is 1. The van der Waals surface area contributed by atoms with Crippen molar-refractivity contribution in [1.82, 2.24) is 24.5 Å². The van der Waals surface area contributed by atoms with Gasteiger partial charge in [0.25, 0.3) is 0 Å². The number of imidazole rings is 1.